The number of pyridine rings is 1. The van der Waals surface area contributed by atoms with Gasteiger partial charge in [-0.3, -0.25) is 9.48 Å². The van der Waals surface area contributed by atoms with E-state index < -0.39 is 0 Å². The fraction of sp³-hybridized carbons (Fsp3) is 0.643. The summed E-state index contributed by atoms with van der Waals surface area (Å²) in [6.45, 7) is 7.24. The maximum absolute atomic E-state index is 12.2. The molecule has 0 spiro atoms. The second-order valence-electron chi connectivity index (χ2n) is 11.4. The van der Waals surface area contributed by atoms with E-state index in [0.29, 0.717) is 24.9 Å². The van der Waals surface area contributed by atoms with E-state index in [1.54, 1.807) is 0 Å². The highest BCUT2D eigenvalue weighted by atomic mass is 16.1. The van der Waals surface area contributed by atoms with E-state index in [4.69, 9.17) is 16.2 Å². The largest absolute Gasteiger partial charge is 0.373 e. The zero-order valence-electron chi connectivity index (χ0n) is 22.6. The van der Waals surface area contributed by atoms with Gasteiger partial charge in [-0.25, -0.2) is 4.98 Å². The van der Waals surface area contributed by atoms with Gasteiger partial charge < -0.3 is 26.7 Å². The van der Waals surface area contributed by atoms with Gasteiger partial charge >= 0.3 is 0 Å². The van der Waals surface area contributed by atoms with Crippen molar-refractivity contribution in [3.8, 4) is 0 Å². The van der Waals surface area contributed by atoms with Gasteiger partial charge in [0.2, 0.25) is 5.91 Å². The first-order valence-electron chi connectivity index (χ1n) is 13.9. The molecule has 2 aromatic rings. The summed E-state index contributed by atoms with van der Waals surface area (Å²) in [6.07, 6.45) is 9.82. The molecule has 5 rings (SSSR count). The third-order valence-corrected chi connectivity index (χ3v) is 8.96. The highest BCUT2D eigenvalue weighted by Gasteiger charge is 2.44. The first-order chi connectivity index (χ1) is 17.9. The number of carbonyl (C=O) groups is 1. The van der Waals surface area contributed by atoms with Crippen molar-refractivity contribution in [1.82, 2.24) is 20.1 Å². The van der Waals surface area contributed by atoms with Gasteiger partial charge in [-0.15, -0.1) is 0 Å². The van der Waals surface area contributed by atoms with Crippen LogP contribution in [0.25, 0.3) is 0 Å². The van der Waals surface area contributed by atoms with Crippen LogP contribution < -0.4 is 21.3 Å². The maximum atomic E-state index is 12.2. The summed E-state index contributed by atoms with van der Waals surface area (Å²) >= 11 is 0. The van der Waals surface area contributed by atoms with Crippen LogP contribution in [0.5, 0.6) is 0 Å². The van der Waals surface area contributed by atoms with E-state index in [9.17, 15) is 4.79 Å². The zero-order valence-corrected chi connectivity index (χ0v) is 22.6. The van der Waals surface area contributed by atoms with Crippen LogP contribution in [0.2, 0.25) is 0 Å². The standard InChI is InChI=1S/C28H42N8O/c1-18-13-25(21(15-30)27(31-3)32-18)35-12-8-24-22(16-35)19(2)34-36(24)17-28-9-4-5-20(14-28)23(6-10-28)33-26(37)7-11-29/h13,15,20,23,30H,4-12,14,16-17,29H2,1-3H3,(H,31,32)(H,33,37). The van der Waals surface area contributed by atoms with Crippen LogP contribution in [0, 0.1) is 30.6 Å². The van der Waals surface area contributed by atoms with E-state index >= 15 is 0 Å². The van der Waals surface area contributed by atoms with Gasteiger partial charge in [-0.1, -0.05) is 6.42 Å². The molecule has 3 unspecified atom stereocenters. The van der Waals surface area contributed by atoms with E-state index in [0.717, 1.165) is 67.4 Å². The minimum Gasteiger partial charge on any atom is -0.373 e. The number of nitrogens with zero attached hydrogens (tertiary/aromatic N) is 4. The number of nitrogens with one attached hydrogen (secondary N) is 3. The number of amides is 1. The smallest absolute Gasteiger partial charge is 0.221 e. The third kappa shape index (κ3) is 4.98. The number of hydrogen-bond donors (Lipinski definition) is 4. The van der Waals surface area contributed by atoms with Crippen molar-refractivity contribution in [3.05, 3.63) is 34.3 Å². The van der Waals surface area contributed by atoms with Crippen LogP contribution in [-0.4, -0.2) is 53.1 Å². The lowest BCUT2D eigenvalue weighted by Crippen LogP contribution is -2.50. The Morgan fingerprint density at radius 1 is 1.32 bits per heavy atom. The lowest BCUT2D eigenvalue weighted by atomic mass is 9.60. The van der Waals surface area contributed by atoms with E-state index in [2.05, 4.69) is 38.2 Å². The summed E-state index contributed by atoms with van der Waals surface area (Å²) in [6, 6.07) is 2.39. The van der Waals surface area contributed by atoms with Crippen LogP contribution in [-0.2, 0) is 24.3 Å². The minimum atomic E-state index is 0.101. The topological polar surface area (TPSA) is 125 Å². The van der Waals surface area contributed by atoms with Crippen molar-refractivity contribution < 1.29 is 4.79 Å². The molecular weight excluding hydrogens is 464 g/mol. The number of fused-ring (bicyclic) bond motifs is 3. The van der Waals surface area contributed by atoms with Crippen LogP contribution in [0.3, 0.4) is 0 Å². The van der Waals surface area contributed by atoms with Gasteiger partial charge in [-0.05, 0) is 63.4 Å². The van der Waals surface area contributed by atoms with Crippen LogP contribution in [0.15, 0.2) is 6.07 Å². The Labute approximate surface area is 220 Å². The second kappa shape index (κ2) is 10.4. The number of anilines is 2. The van der Waals surface area contributed by atoms with E-state index in [1.165, 1.54) is 43.2 Å². The van der Waals surface area contributed by atoms with Gasteiger partial charge in [-0.2, -0.15) is 5.10 Å². The molecule has 2 saturated carbocycles. The molecule has 3 atom stereocenters. The molecule has 2 aliphatic carbocycles. The summed E-state index contributed by atoms with van der Waals surface area (Å²) in [5.41, 5.74) is 12.5. The lowest BCUT2D eigenvalue weighted by Gasteiger charge is -2.49. The zero-order chi connectivity index (χ0) is 26.2. The Morgan fingerprint density at radius 2 is 2.16 bits per heavy atom. The van der Waals surface area contributed by atoms with Gasteiger partial charge in [0, 0.05) is 75.3 Å². The molecule has 0 aromatic carbocycles. The van der Waals surface area contributed by atoms with Crippen molar-refractivity contribution in [1.29, 1.82) is 5.41 Å². The molecule has 37 heavy (non-hydrogen) atoms. The van der Waals surface area contributed by atoms with Crippen molar-refractivity contribution >= 4 is 23.6 Å². The van der Waals surface area contributed by atoms with Gasteiger partial charge in [0.1, 0.15) is 5.82 Å². The highest BCUT2D eigenvalue weighted by Crippen LogP contribution is 2.50. The van der Waals surface area contributed by atoms with Crippen LogP contribution in [0.4, 0.5) is 11.5 Å². The number of aryl methyl sites for hydroxylation is 2. The molecule has 3 heterocycles. The number of nitrogens with two attached hydrogens (primary N) is 1. The van der Waals surface area contributed by atoms with Gasteiger partial charge in [0.25, 0.3) is 0 Å². The van der Waals surface area contributed by atoms with Gasteiger partial charge in [0.15, 0.2) is 0 Å². The normalized spacial score (nSPS) is 24.9. The average molecular weight is 507 g/mol. The third-order valence-electron chi connectivity index (χ3n) is 8.96. The predicted molar refractivity (Wildman–Crippen MR) is 147 cm³/mol. The quantitative estimate of drug-likeness (QED) is 0.407. The molecule has 2 fully saturated rings. The van der Waals surface area contributed by atoms with Crippen LogP contribution in [0.1, 0.15) is 73.2 Å². The van der Waals surface area contributed by atoms with E-state index in [-0.39, 0.29) is 11.3 Å². The lowest BCUT2D eigenvalue weighted by molar-refractivity contribution is -0.123. The molecule has 3 aliphatic rings. The monoisotopic (exact) mass is 506 g/mol. The van der Waals surface area contributed by atoms with Crippen molar-refractivity contribution in [2.24, 2.45) is 17.1 Å². The number of aromatic nitrogens is 3. The Hall–Kier alpha value is -2.94. The SMILES string of the molecule is CNc1nc(C)cc(N2CCc3c(c(C)nn3CC34CCCC(C3)C(NC(=O)CCN)CC4)C2)c1C=N. The molecule has 9 heteroatoms. The fourth-order valence-electron chi connectivity index (χ4n) is 7.17. The summed E-state index contributed by atoms with van der Waals surface area (Å²) in [5, 5.41) is 19.5. The first-order valence-corrected chi connectivity index (χ1v) is 13.9. The molecule has 2 aromatic heterocycles. The van der Waals surface area contributed by atoms with Crippen LogP contribution >= 0.6 is 0 Å². The summed E-state index contributed by atoms with van der Waals surface area (Å²) in [4.78, 5) is 19.2. The fourth-order valence-corrected chi connectivity index (χ4v) is 7.17. The molecule has 0 saturated heterocycles. The number of carbonyl (C=O) groups excluding carboxylic acids is 1. The molecule has 5 N–H and O–H groups in total. The number of rotatable bonds is 8. The second-order valence-corrected chi connectivity index (χ2v) is 11.4. The summed E-state index contributed by atoms with van der Waals surface area (Å²) in [5.74, 6) is 1.41. The maximum Gasteiger partial charge on any atom is 0.221 e. The van der Waals surface area contributed by atoms with Crippen molar-refractivity contribution in [3.63, 3.8) is 0 Å². The Balaban J connectivity index is 1.34. The summed E-state index contributed by atoms with van der Waals surface area (Å²) < 4.78 is 2.33. The molecule has 2 bridgehead atoms. The molecule has 1 amide bonds. The molecule has 1 aliphatic heterocycles. The summed E-state index contributed by atoms with van der Waals surface area (Å²) in [7, 11) is 1.86. The van der Waals surface area contributed by atoms with E-state index in [1.807, 2.05) is 14.0 Å². The minimum absolute atomic E-state index is 0.101. The Kier molecular flexibility index (Phi) is 7.25. The first kappa shape index (κ1) is 25.7. The molecule has 9 nitrogen and oxygen atoms in total. The van der Waals surface area contributed by atoms with Gasteiger partial charge in [0.05, 0.1) is 16.9 Å². The molecule has 200 valence electrons. The highest BCUT2D eigenvalue weighted by molar-refractivity contribution is 5.92. The molecular formula is C28H42N8O. The molecule has 0 radical (unpaired) electrons. The Bertz CT molecular complexity index is 1170. The average Bonchev–Trinajstić information content (AvgIpc) is 3.19. The Morgan fingerprint density at radius 3 is 2.92 bits per heavy atom. The predicted octanol–water partition coefficient (Wildman–Crippen LogP) is 3.30. The number of hydrogen-bond acceptors (Lipinski definition) is 7. The van der Waals surface area contributed by atoms with Crippen molar-refractivity contribution in [2.45, 2.75) is 84.3 Å². The van der Waals surface area contributed by atoms with Crippen molar-refractivity contribution in [2.75, 3.05) is 30.4 Å².